The first kappa shape index (κ1) is 24.8. The van der Waals surface area contributed by atoms with Gasteiger partial charge >= 0.3 is 12.4 Å². The molecule has 3 aromatic rings. The third-order valence-electron chi connectivity index (χ3n) is 5.47. The Bertz CT molecular complexity index is 1680. The zero-order valence-corrected chi connectivity index (χ0v) is 18.6. The van der Waals surface area contributed by atoms with E-state index in [-0.39, 0.29) is 38.1 Å². The molecule has 0 saturated heterocycles. The number of alkyl halides is 6. The molecule has 182 valence electrons. The van der Waals surface area contributed by atoms with E-state index in [1.54, 1.807) is 0 Å². The molecule has 0 aliphatic carbocycles. The van der Waals surface area contributed by atoms with Gasteiger partial charge < -0.3 is 5.73 Å². The van der Waals surface area contributed by atoms with Gasteiger partial charge in [-0.1, -0.05) is 41.7 Å². The molecule has 2 N–H and O–H groups in total. The number of halogens is 6. The normalized spacial score (nSPS) is 16.5. The highest BCUT2D eigenvalue weighted by Gasteiger charge is 2.35. The summed E-state index contributed by atoms with van der Waals surface area (Å²) in [6.45, 7) is 0. The van der Waals surface area contributed by atoms with Crippen LogP contribution in [0, 0.1) is 22.7 Å². The molecule has 4 rings (SSSR count). The van der Waals surface area contributed by atoms with Crippen LogP contribution >= 0.6 is 11.3 Å². The van der Waals surface area contributed by atoms with Crippen molar-refractivity contribution in [1.82, 2.24) is 4.57 Å². The van der Waals surface area contributed by atoms with Crippen LogP contribution in [0.4, 0.5) is 26.3 Å². The van der Waals surface area contributed by atoms with E-state index in [4.69, 9.17) is 5.73 Å². The van der Waals surface area contributed by atoms with Crippen molar-refractivity contribution in [3.63, 3.8) is 0 Å². The van der Waals surface area contributed by atoms with Crippen molar-refractivity contribution in [2.24, 2.45) is 5.73 Å². The van der Waals surface area contributed by atoms with E-state index in [2.05, 4.69) is 0 Å². The monoisotopic (exact) mass is 518 g/mol. The lowest BCUT2D eigenvalue weighted by Crippen LogP contribution is -2.38. The van der Waals surface area contributed by atoms with Crippen LogP contribution in [-0.4, -0.2) is 4.57 Å². The molecule has 0 amide bonds. The Hall–Kier alpha value is -4.29. The first-order chi connectivity index (χ1) is 16.9. The maximum Gasteiger partial charge on any atom is 0.416 e. The fraction of sp³-hybridized carbons (Fsp3) is 0.125. The third-order valence-corrected chi connectivity index (χ3v) is 6.46. The number of thiazole rings is 1. The van der Waals surface area contributed by atoms with Gasteiger partial charge in [0.15, 0.2) is 0 Å². The summed E-state index contributed by atoms with van der Waals surface area (Å²) in [4.78, 5) is 12.8. The van der Waals surface area contributed by atoms with Gasteiger partial charge in [0.2, 0.25) is 0 Å². The first-order valence-corrected chi connectivity index (χ1v) is 10.8. The summed E-state index contributed by atoms with van der Waals surface area (Å²) in [7, 11) is 0. The van der Waals surface area contributed by atoms with Crippen LogP contribution in [-0.2, 0) is 12.4 Å². The molecule has 0 radical (unpaired) electrons. The summed E-state index contributed by atoms with van der Waals surface area (Å²) in [5.41, 5.74) is 3.74. The van der Waals surface area contributed by atoms with Crippen LogP contribution in [0.3, 0.4) is 0 Å². The summed E-state index contributed by atoms with van der Waals surface area (Å²) in [5.74, 6) is -1.59. The molecule has 0 bridgehead atoms. The molecule has 12 heteroatoms. The Morgan fingerprint density at radius 2 is 1.50 bits per heavy atom. The molecule has 1 aromatic heterocycles. The molecule has 2 aromatic carbocycles. The number of aromatic nitrogens is 1. The van der Waals surface area contributed by atoms with Crippen molar-refractivity contribution in [2.75, 3.05) is 0 Å². The Labute approximate surface area is 202 Å². The zero-order chi connectivity index (χ0) is 26.4. The van der Waals surface area contributed by atoms with E-state index in [0.717, 1.165) is 47.0 Å². The van der Waals surface area contributed by atoms with Crippen LogP contribution in [0.15, 0.2) is 58.9 Å². The van der Waals surface area contributed by atoms with Gasteiger partial charge in [0.05, 0.1) is 40.3 Å². The number of nitrogens with zero attached hydrogens (tertiary/aromatic N) is 3. The van der Waals surface area contributed by atoms with E-state index in [1.165, 1.54) is 12.1 Å². The predicted molar refractivity (Wildman–Crippen MR) is 119 cm³/mol. The van der Waals surface area contributed by atoms with E-state index >= 15 is 0 Å². The van der Waals surface area contributed by atoms with E-state index < -0.39 is 34.1 Å². The van der Waals surface area contributed by atoms with Crippen LogP contribution in [0.2, 0.25) is 0 Å². The van der Waals surface area contributed by atoms with Crippen molar-refractivity contribution < 1.29 is 26.3 Å². The van der Waals surface area contributed by atoms with Crippen molar-refractivity contribution in [3.05, 3.63) is 95.9 Å². The summed E-state index contributed by atoms with van der Waals surface area (Å²) in [5, 5.41) is 19.5. The van der Waals surface area contributed by atoms with Gasteiger partial charge in [0, 0.05) is 0 Å². The van der Waals surface area contributed by atoms with Gasteiger partial charge in [-0.2, -0.15) is 36.9 Å². The van der Waals surface area contributed by atoms with Crippen molar-refractivity contribution in [2.45, 2.75) is 18.3 Å². The molecule has 0 spiro atoms. The largest absolute Gasteiger partial charge is 0.416 e. The Morgan fingerprint density at radius 1 is 0.917 bits per heavy atom. The molecule has 0 saturated carbocycles. The molecule has 1 aliphatic heterocycles. The van der Waals surface area contributed by atoms with Crippen LogP contribution in [0.25, 0.3) is 17.5 Å². The Balaban J connectivity index is 2.03. The lowest BCUT2D eigenvalue weighted by atomic mass is 9.84. The highest BCUT2D eigenvalue weighted by atomic mass is 32.1. The predicted octanol–water partition coefficient (Wildman–Crippen LogP) is 3.90. The summed E-state index contributed by atoms with van der Waals surface area (Å²) in [6, 6.07) is 11.9. The minimum Gasteiger partial charge on any atom is -0.384 e. The first-order valence-electron chi connectivity index (χ1n) is 9.99. The molecular formula is C24H12F6N4OS. The van der Waals surface area contributed by atoms with Gasteiger partial charge in [-0.25, -0.2) is 0 Å². The molecule has 36 heavy (non-hydrogen) atoms. The smallest absolute Gasteiger partial charge is 0.384 e. The molecule has 1 aliphatic rings. The zero-order valence-electron chi connectivity index (χ0n) is 17.8. The minimum atomic E-state index is -4.68. The standard InChI is InChI=1S/C24H12F6N4OS/c25-23(26,27)14-5-1-3-12(7-14)8-18-22(35)36-21-17(11-32)19(16(10-31)20(33)34(18)21)13-4-2-6-15(9-13)24(28,29)30/h1-9,19H,33H2/b18-8-. The molecular weight excluding hydrogens is 506 g/mol. The van der Waals surface area contributed by atoms with E-state index in [0.29, 0.717) is 11.3 Å². The van der Waals surface area contributed by atoms with Crippen molar-refractivity contribution in [1.29, 1.82) is 10.5 Å². The highest BCUT2D eigenvalue weighted by Crippen LogP contribution is 2.38. The second-order valence-corrected chi connectivity index (χ2v) is 8.64. The van der Waals surface area contributed by atoms with Crippen LogP contribution in [0.5, 0.6) is 0 Å². The van der Waals surface area contributed by atoms with Gasteiger partial charge in [-0.15, -0.1) is 0 Å². The maximum atomic E-state index is 13.3. The lowest BCUT2D eigenvalue weighted by molar-refractivity contribution is -0.138. The average molecular weight is 518 g/mol. The van der Waals surface area contributed by atoms with Crippen molar-refractivity contribution in [3.8, 4) is 12.1 Å². The number of nitriles is 2. The highest BCUT2D eigenvalue weighted by molar-refractivity contribution is 7.07. The quantitative estimate of drug-likeness (QED) is 0.521. The van der Waals surface area contributed by atoms with E-state index in [9.17, 15) is 41.7 Å². The third kappa shape index (κ3) is 4.27. The number of nitrogens with two attached hydrogens (primary N) is 1. The summed E-state index contributed by atoms with van der Waals surface area (Å²) < 4.78 is 79.6. The number of allylic oxidation sites excluding steroid dienone is 1. The van der Waals surface area contributed by atoms with Gasteiger partial charge in [-0.05, 0) is 35.4 Å². The van der Waals surface area contributed by atoms with Crippen LogP contribution < -0.4 is 20.5 Å². The van der Waals surface area contributed by atoms with Crippen molar-refractivity contribution >= 4 is 28.8 Å². The van der Waals surface area contributed by atoms with Gasteiger partial charge in [0.25, 0.3) is 4.74 Å². The lowest BCUT2D eigenvalue weighted by Gasteiger charge is -2.23. The summed E-state index contributed by atoms with van der Waals surface area (Å²) >= 11 is 0.552. The number of hydrogen-bond acceptors (Lipinski definition) is 5. The fourth-order valence-electron chi connectivity index (χ4n) is 3.89. The molecule has 1 unspecified atom stereocenters. The number of rotatable bonds is 2. The molecule has 0 fully saturated rings. The number of hydrogen-bond donors (Lipinski definition) is 1. The molecule has 5 nitrogen and oxygen atoms in total. The topological polar surface area (TPSA) is 95.6 Å². The maximum absolute atomic E-state index is 13.3. The second-order valence-electron chi connectivity index (χ2n) is 7.68. The average Bonchev–Trinajstić information content (AvgIpc) is 3.14. The molecule has 2 heterocycles. The Morgan fingerprint density at radius 3 is 2.08 bits per heavy atom. The van der Waals surface area contributed by atoms with E-state index in [1.807, 2.05) is 12.1 Å². The SMILES string of the molecule is N#CC1=C(N)n2c(sc(=O)/c2=C/c2cccc(C(F)(F)F)c2)=C(C#N)C1c1cccc(C(F)(F)F)c1. The van der Waals surface area contributed by atoms with Crippen LogP contribution in [0.1, 0.15) is 28.2 Å². The minimum absolute atomic E-state index is 0.0137. The molecule has 1 atom stereocenters. The second kappa shape index (κ2) is 8.73. The number of fused-ring (bicyclic) bond motifs is 1. The number of benzene rings is 2. The van der Waals surface area contributed by atoms with Gasteiger partial charge in [0.1, 0.15) is 15.8 Å². The fourth-order valence-corrected chi connectivity index (χ4v) is 4.88. The Kier molecular flexibility index (Phi) is 6.02. The van der Waals surface area contributed by atoms with Gasteiger partial charge in [-0.3, -0.25) is 9.36 Å². The summed E-state index contributed by atoms with van der Waals surface area (Å²) in [6.07, 6.45) is -8.17.